The summed E-state index contributed by atoms with van der Waals surface area (Å²) in [6, 6.07) is 6.70. The van der Waals surface area contributed by atoms with Crippen LogP contribution in [0.1, 0.15) is 18.7 Å². The van der Waals surface area contributed by atoms with Crippen molar-refractivity contribution in [1.29, 1.82) is 0 Å². The summed E-state index contributed by atoms with van der Waals surface area (Å²) in [4.78, 5) is 24.5. The van der Waals surface area contributed by atoms with E-state index in [1.165, 1.54) is 18.5 Å². The Kier molecular flexibility index (Phi) is 3.46. The number of aromatic amines is 1. The molecule has 5 rings (SSSR count). The van der Waals surface area contributed by atoms with E-state index in [2.05, 4.69) is 30.9 Å². The molecule has 1 N–H and O–H groups in total. The minimum atomic E-state index is -0.152. The first-order valence-corrected chi connectivity index (χ1v) is 9.20. The zero-order valence-corrected chi connectivity index (χ0v) is 15.2. The van der Waals surface area contributed by atoms with Crippen LogP contribution in [0.3, 0.4) is 0 Å². The molecule has 8 heteroatoms. The van der Waals surface area contributed by atoms with E-state index in [4.69, 9.17) is 11.6 Å². The van der Waals surface area contributed by atoms with Crippen molar-refractivity contribution in [2.45, 2.75) is 25.4 Å². The highest BCUT2D eigenvalue weighted by atomic mass is 35.5. The number of fused-ring (bicyclic) bond motifs is 2. The van der Waals surface area contributed by atoms with Gasteiger partial charge in [-0.05, 0) is 31.0 Å². The van der Waals surface area contributed by atoms with E-state index in [0.29, 0.717) is 29.4 Å². The average molecular weight is 371 g/mol. The van der Waals surface area contributed by atoms with Crippen LogP contribution in [0, 0.1) is 0 Å². The van der Waals surface area contributed by atoms with Crippen LogP contribution < -0.4 is 15.4 Å². The van der Waals surface area contributed by atoms with E-state index < -0.39 is 0 Å². The molecule has 2 aliphatic rings. The van der Waals surface area contributed by atoms with E-state index in [0.717, 1.165) is 23.8 Å². The van der Waals surface area contributed by atoms with Crippen LogP contribution in [0.15, 0.2) is 29.2 Å². The van der Waals surface area contributed by atoms with Crippen molar-refractivity contribution in [2.75, 3.05) is 22.9 Å². The summed E-state index contributed by atoms with van der Waals surface area (Å²) >= 11 is 6.27. The summed E-state index contributed by atoms with van der Waals surface area (Å²) < 4.78 is 1.63. The number of nitrogens with zero attached hydrogens (tertiary/aromatic N) is 5. The molecular formula is C18H19ClN6O. The molecule has 0 saturated heterocycles. The smallest absolute Gasteiger partial charge is 0.262 e. The zero-order valence-electron chi connectivity index (χ0n) is 14.4. The SMILES string of the molecule is Cn1ncc2c(=O)[nH]c(CN3CCN(C4CC4)c4ccc(Cl)cc43)nc21. The lowest BCUT2D eigenvalue weighted by Crippen LogP contribution is -2.42. The molecule has 0 atom stereocenters. The predicted molar refractivity (Wildman–Crippen MR) is 102 cm³/mol. The van der Waals surface area contributed by atoms with Crippen LogP contribution in [0.25, 0.3) is 11.0 Å². The van der Waals surface area contributed by atoms with Crippen molar-refractivity contribution < 1.29 is 0 Å². The quantitative estimate of drug-likeness (QED) is 0.766. The number of hydrogen-bond donors (Lipinski definition) is 1. The average Bonchev–Trinajstić information content (AvgIpc) is 3.39. The molecule has 3 heterocycles. The molecule has 1 aromatic carbocycles. The second-order valence-electron chi connectivity index (χ2n) is 7.00. The normalized spacial score (nSPS) is 17.0. The number of anilines is 2. The highest BCUT2D eigenvalue weighted by Crippen LogP contribution is 2.41. The van der Waals surface area contributed by atoms with E-state index in [-0.39, 0.29) is 5.56 Å². The van der Waals surface area contributed by atoms with Gasteiger partial charge in [-0.15, -0.1) is 0 Å². The summed E-state index contributed by atoms with van der Waals surface area (Å²) in [6.07, 6.45) is 4.07. The molecular weight excluding hydrogens is 352 g/mol. The Labute approximate surface area is 155 Å². The zero-order chi connectivity index (χ0) is 17.8. The number of aryl methyl sites for hydroxylation is 1. The maximum atomic E-state index is 12.3. The van der Waals surface area contributed by atoms with Crippen LogP contribution >= 0.6 is 11.6 Å². The molecule has 0 bridgehead atoms. The second kappa shape index (κ2) is 5.74. The molecule has 1 aliphatic carbocycles. The fourth-order valence-corrected chi connectivity index (χ4v) is 3.89. The molecule has 0 amide bonds. The molecule has 0 spiro atoms. The standard InChI is InChI=1S/C18H19ClN6O/c1-23-17-13(9-20-23)18(26)22-16(21-17)10-24-6-7-25(12-3-4-12)14-5-2-11(19)8-15(14)24/h2,5,8-9,12H,3-4,6-7,10H2,1H3,(H,21,22,26). The predicted octanol–water partition coefficient (Wildman–Crippen LogP) is 2.30. The first-order valence-electron chi connectivity index (χ1n) is 8.82. The Bertz CT molecular complexity index is 1050. The van der Waals surface area contributed by atoms with Gasteiger partial charge in [0.05, 0.1) is 24.1 Å². The topological polar surface area (TPSA) is 70.1 Å². The molecule has 7 nitrogen and oxygen atoms in total. The Morgan fingerprint density at radius 2 is 2.12 bits per heavy atom. The number of aromatic nitrogens is 4. The fraction of sp³-hybridized carbons (Fsp3) is 0.389. The summed E-state index contributed by atoms with van der Waals surface area (Å²) in [5, 5.41) is 5.35. The molecule has 26 heavy (non-hydrogen) atoms. The molecule has 134 valence electrons. The third kappa shape index (κ3) is 2.54. The van der Waals surface area contributed by atoms with Gasteiger partial charge in [0.15, 0.2) is 5.65 Å². The number of rotatable bonds is 3. The number of halogens is 1. The first kappa shape index (κ1) is 15.7. The van der Waals surface area contributed by atoms with Gasteiger partial charge in [0.1, 0.15) is 11.2 Å². The summed E-state index contributed by atoms with van der Waals surface area (Å²) in [5.74, 6) is 0.636. The van der Waals surface area contributed by atoms with E-state index in [9.17, 15) is 4.79 Å². The second-order valence-corrected chi connectivity index (χ2v) is 7.43. The van der Waals surface area contributed by atoms with Gasteiger partial charge < -0.3 is 14.8 Å². The maximum Gasteiger partial charge on any atom is 0.262 e. The van der Waals surface area contributed by atoms with Gasteiger partial charge >= 0.3 is 0 Å². The van der Waals surface area contributed by atoms with Crippen molar-refractivity contribution in [1.82, 2.24) is 19.7 Å². The molecule has 1 saturated carbocycles. The van der Waals surface area contributed by atoms with Gasteiger partial charge in [-0.3, -0.25) is 9.48 Å². The summed E-state index contributed by atoms with van der Waals surface area (Å²) in [7, 11) is 1.79. The molecule has 3 aromatic rings. The van der Waals surface area contributed by atoms with Gasteiger partial charge in [-0.2, -0.15) is 5.10 Å². The first-order chi connectivity index (χ1) is 12.6. The maximum absolute atomic E-state index is 12.3. The largest absolute Gasteiger partial charge is 0.365 e. The molecule has 0 radical (unpaired) electrons. The lowest BCUT2D eigenvalue weighted by atomic mass is 10.1. The Balaban J connectivity index is 1.53. The van der Waals surface area contributed by atoms with Crippen LogP contribution in [0.4, 0.5) is 11.4 Å². The van der Waals surface area contributed by atoms with Crippen LogP contribution in [0.2, 0.25) is 5.02 Å². The fourth-order valence-electron chi connectivity index (χ4n) is 3.73. The number of nitrogens with one attached hydrogen (secondary N) is 1. The Morgan fingerprint density at radius 1 is 1.27 bits per heavy atom. The molecule has 2 aromatic heterocycles. The molecule has 1 fully saturated rings. The molecule has 0 unspecified atom stereocenters. The van der Waals surface area contributed by atoms with Crippen molar-refractivity contribution in [3.05, 3.63) is 45.6 Å². The third-order valence-corrected chi connectivity index (χ3v) is 5.41. The van der Waals surface area contributed by atoms with Gasteiger partial charge in [0.25, 0.3) is 5.56 Å². The lowest BCUT2D eigenvalue weighted by Gasteiger charge is -2.39. The van der Waals surface area contributed by atoms with Crippen LogP contribution in [-0.4, -0.2) is 38.9 Å². The van der Waals surface area contributed by atoms with E-state index in [1.807, 2.05) is 12.1 Å². The summed E-state index contributed by atoms with van der Waals surface area (Å²) in [6.45, 7) is 2.37. The lowest BCUT2D eigenvalue weighted by molar-refractivity contribution is 0.676. The van der Waals surface area contributed by atoms with Crippen molar-refractivity contribution in [2.24, 2.45) is 7.05 Å². The van der Waals surface area contributed by atoms with Crippen LogP contribution in [-0.2, 0) is 13.6 Å². The third-order valence-electron chi connectivity index (χ3n) is 5.18. The van der Waals surface area contributed by atoms with Crippen molar-refractivity contribution >= 4 is 34.0 Å². The van der Waals surface area contributed by atoms with Gasteiger partial charge in [-0.1, -0.05) is 11.6 Å². The van der Waals surface area contributed by atoms with Gasteiger partial charge in [0.2, 0.25) is 0 Å². The minimum Gasteiger partial charge on any atom is -0.365 e. The van der Waals surface area contributed by atoms with Crippen LogP contribution in [0.5, 0.6) is 0 Å². The van der Waals surface area contributed by atoms with Gasteiger partial charge in [0, 0.05) is 31.2 Å². The minimum absolute atomic E-state index is 0.152. The summed E-state index contributed by atoms with van der Waals surface area (Å²) in [5.41, 5.74) is 2.77. The van der Waals surface area contributed by atoms with Crippen molar-refractivity contribution in [3.63, 3.8) is 0 Å². The Hall–Kier alpha value is -2.54. The highest BCUT2D eigenvalue weighted by molar-refractivity contribution is 6.31. The van der Waals surface area contributed by atoms with E-state index in [1.54, 1.807) is 17.9 Å². The van der Waals surface area contributed by atoms with Gasteiger partial charge in [-0.25, -0.2) is 4.98 Å². The number of benzene rings is 1. The van der Waals surface area contributed by atoms with E-state index >= 15 is 0 Å². The number of H-pyrrole nitrogens is 1. The van der Waals surface area contributed by atoms with Crippen molar-refractivity contribution in [3.8, 4) is 0 Å². The highest BCUT2D eigenvalue weighted by Gasteiger charge is 2.34. The molecule has 1 aliphatic heterocycles. The monoisotopic (exact) mass is 370 g/mol. The Morgan fingerprint density at radius 3 is 2.92 bits per heavy atom. The number of hydrogen-bond acceptors (Lipinski definition) is 5.